The third-order valence-electron chi connectivity index (χ3n) is 5.21. The number of rotatable bonds is 4. The summed E-state index contributed by atoms with van der Waals surface area (Å²) >= 11 is 6.19. The SMILES string of the molecule is N#CC1CCCC1Nc1nc(Nc2cc(Cl)c3c(c2)COB3O)ncc1C(F)(F)F. The molecule has 156 valence electrons. The van der Waals surface area contributed by atoms with Gasteiger partial charge >= 0.3 is 13.3 Å². The molecule has 1 saturated carbocycles. The van der Waals surface area contributed by atoms with E-state index in [2.05, 4.69) is 26.7 Å². The van der Waals surface area contributed by atoms with E-state index < -0.39 is 24.9 Å². The molecule has 12 heteroatoms. The quantitative estimate of drug-likeness (QED) is 0.631. The van der Waals surface area contributed by atoms with Crippen LogP contribution in [0.5, 0.6) is 0 Å². The Morgan fingerprint density at radius 2 is 2.13 bits per heavy atom. The molecule has 1 aliphatic carbocycles. The van der Waals surface area contributed by atoms with Gasteiger partial charge in [0.2, 0.25) is 5.95 Å². The van der Waals surface area contributed by atoms with Crippen LogP contribution in [-0.2, 0) is 17.4 Å². The molecule has 0 amide bonds. The summed E-state index contributed by atoms with van der Waals surface area (Å²) in [6, 6.07) is 4.89. The first-order valence-corrected chi connectivity index (χ1v) is 9.63. The third-order valence-corrected chi connectivity index (χ3v) is 5.53. The highest BCUT2D eigenvalue weighted by Crippen LogP contribution is 2.36. The first kappa shape index (κ1) is 20.7. The average Bonchev–Trinajstić information content (AvgIpc) is 3.27. The molecule has 2 aromatic rings. The van der Waals surface area contributed by atoms with Crippen LogP contribution in [0, 0.1) is 17.2 Å². The summed E-state index contributed by atoms with van der Waals surface area (Å²) in [6.07, 6.45) is -1.96. The van der Waals surface area contributed by atoms with Gasteiger partial charge in [0.25, 0.3) is 0 Å². The van der Waals surface area contributed by atoms with Crippen molar-refractivity contribution >= 4 is 41.6 Å². The third kappa shape index (κ3) is 4.03. The van der Waals surface area contributed by atoms with E-state index >= 15 is 0 Å². The largest absolute Gasteiger partial charge is 0.493 e. The second-order valence-electron chi connectivity index (χ2n) is 7.19. The first-order chi connectivity index (χ1) is 14.3. The Morgan fingerprint density at radius 1 is 1.33 bits per heavy atom. The molecule has 2 unspecified atom stereocenters. The lowest BCUT2D eigenvalue weighted by molar-refractivity contribution is -0.137. The van der Waals surface area contributed by atoms with Crippen LogP contribution in [0.25, 0.3) is 0 Å². The minimum Gasteiger partial charge on any atom is -0.423 e. The molecule has 0 bridgehead atoms. The minimum absolute atomic E-state index is 0.0625. The highest BCUT2D eigenvalue weighted by Gasteiger charge is 2.37. The number of anilines is 3. The fraction of sp³-hybridized carbons (Fsp3) is 0.389. The van der Waals surface area contributed by atoms with Crippen molar-refractivity contribution in [3.8, 4) is 6.07 Å². The van der Waals surface area contributed by atoms with Crippen molar-refractivity contribution in [1.29, 1.82) is 5.26 Å². The summed E-state index contributed by atoms with van der Waals surface area (Å²) in [4.78, 5) is 7.80. The molecule has 1 aliphatic heterocycles. The second-order valence-corrected chi connectivity index (χ2v) is 7.60. The van der Waals surface area contributed by atoms with E-state index in [0.717, 1.165) is 6.42 Å². The predicted molar refractivity (Wildman–Crippen MR) is 105 cm³/mol. The van der Waals surface area contributed by atoms with Gasteiger partial charge in [0.1, 0.15) is 11.4 Å². The number of hydrogen-bond acceptors (Lipinski definition) is 7. The molecule has 1 fully saturated rings. The van der Waals surface area contributed by atoms with Crippen LogP contribution < -0.4 is 16.1 Å². The van der Waals surface area contributed by atoms with Crippen LogP contribution in [0.4, 0.5) is 30.6 Å². The monoisotopic (exact) mass is 437 g/mol. The fourth-order valence-corrected chi connectivity index (χ4v) is 4.08. The van der Waals surface area contributed by atoms with Gasteiger partial charge in [-0.2, -0.15) is 23.4 Å². The zero-order chi connectivity index (χ0) is 21.5. The number of nitrogens with one attached hydrogen (secondary N) is 2. The Balaban J connectivity index is 1.63. The number of aromatic nitrogens is 2. The molecular formula is C18H16BClF3N5O2. The molecule has 0 spiro atoms. The van der Waals surface area contributed by atoms with Gasteiger partial charge in [-0.1, -0.05) is 11.6 Å². The number of nitrogens with zero attached hydrogens (tertiary/aromatic N) is 3. The summed E-state index contributed by atoms with van der Waals surface area (Å²) in [6.45, 7) is 0.156. The van der Waals surface area contributed by atoms with E-state index in [9.17, 15) is 23.5 Å². The lowest BCUT2D eigenvalue weighted by Crippen LogP contribution is -2.29. The van der Waals surface area contributed by atoms with E-state index in [0.29, 0.717) is 35.8 Å². The molecule has 1 aromatic heterocycles. The molecule has 4 rings (SSSR count). The van der Waals surface area contributed by atoms with Gasteiger partial charge in [0, 0.05) is 28.4 Å². The predicted octanol–water partition coefficient (Wildman–Crippen LogP) is 3.21. The summed E-state index contributed by atoms with van der Waals surface area (Å²) in [5, 5.41) is 24.9. The second kappa shape index (κ2) is 7.94. The normalized spacial score (nSPS) is 20.7. The molecule has 1 aromatic carbocycles. The lowest BCUT2D eigenvalue weighted by atomic mass is 9.79. The Labute approximate surface area is 175 Å². The van der Waals surface area contributed by atoms with Crippen LogP contribution in [-0.4, -0.2) is 28.2 Å². The van der Waals surface area contributed by atoms with Crippen molar-refractivity contribution in [2.24, 2.45) is 5.92 Å². The maximum atomic E-state index is 13.4. The molecule has 2 heterocycles. The van der Waals surface area contributed by atoms with Gasteiger partial charge in [-0.15, -0.1) is 0 Å². The van der Waals surface area contributed by atoms with Crippen molar-refractivity contribution in [3.05, 3.63) is 34.5 Å². The topological polar surface area (TPSA) is 103 Å². The standard InChI is InChI=1S/C18H16BClF3N5O2/c20-13-5-11(4-10-8-30-19(29)15(10)13)26-17-25-7-12(18(21,22)23)16(28-17)27-14-3-1-2-9(14)6-24/h4-5,7,9,14,29H,1-3,8H2,(H2,25,26,27,28). The number of halogens is 4. The van der Waals surface area contributed by atoms with Crippen LogP contribution in [0.3, 0.4) is 0 Å². The van der Waals surface area contributed by atoms with E-state index in [1.54, 1.807) is 6.07 Å². The molecule has 7 nitrogen and oxygen atoms in total. The van der Waals surface area contributed by atoms with Crippen molar-refractivity contribution in [2.75, 3.05) is 10.6 Å². The summed E-state index contributed by atoms with van der Waals surface area (Å²) in [5.41, 5.74) is 0.561. The zero-order valence-corrected chi connectivity index (χ0v) is 16.3. The number of hydrogen-bond donors (Lipinski definition) is 3. The molecule has 30 heavy (non-hydrogen) atoms. The summed E-state index contributed by atoms with van der Waals surface area (Å²) in [7, 11) is -1.11. The highest BCUT2D eigenvalue weighted by atomic mass is 35.5. The van der Waals surface area contributed by atoms with Gasteiger partial charge in [-0.25, -0.2) is 4.98 Å². The Morgan fingerprint density at radius 3 is 2.87 bits per heavy atom. The number of nitriles is 1. The van der Waals surface area contributed by atoms with E-state index in [4.69, 9.17) is 16.3 Å². The van der Waals surface area contributed by atoms with Crippen LogP contribution >= 0.6 is 11.6 Å². The molecule has 0 radical (unpaired) electrons. The van der Waals surface area contributed by atoms with Gasteiger partial charge in [-0.3, -0.25) is 0 Å². The highest BCUT2D eigenvalue weighted by molar-refractivity contribution is 6.65. The fourth-order valence-electron chi connectivity index (χ4n) is 3.75. The Bertz CT molecular complexity index is 1020. The molecule has 0 saturated heterocycles. The zero-order valence-electron chi connectivity index (χ0n) is 15.5. The minimum atomic E-state index is -4.65. The van der Waals surface area contributed by atoms with Crippen LogP contribution in [0.1, 0.15) is 30.4 Å². The van der Waals surface area contributed by atoms with Crippen molar-refractivity contribution < 1.29 is 22.8 Å². The van der Waals surface area contributed by atoms with Gasteiger partial charge in [-0.05, 0) is 37.0 Å². The van der Waals surface area contributed by atoms with Crippen molar-refractivity contribution in [2.45, 2.75) is 38.1 Å². The van der Waals surface area contributed by atoms with Gasteiger partial charge < -0.3 is 20.3 Å². The van der Waals surface area contributed by atoms with E-state index in [1.807, 2.05) is 0 Å². The summed E-state index contributed by atoms with van der Waals surface area (Å²) < 4.78 is 45.4. The Kier molecular flexibility index (Phi) is 5.49. The lowest BCUT2D eigenvalue weighted by Gasteiger charge is -2.20. The average molecular weight is 438 g/mol. The van der Waals surface area contributed by atoms with Crippen LogP contribution in [0.15, 0.2) is 18.3 Å². The van der Waals surface area contributed by atoms with Crippen molar-refractivity contribution in [1.82, 2.24) is 9.97 Å². The number of fused-ring (bicyclic) bond motifs is 1. The van der Waals surface area contributed by atoms with E-state index in [1.165, 1.54) is 6.07 Å². The smallest absolute Gasteiger partial charge is 0.423 e. The first-order valence-electron chi connectivity index (χ1n) is 9.25. The molecule has 2 aliphatic rings. The maximum absolute atomic E-state index is 13.4. The van der Waals surface area contributed by atoms with Gasteiger partial charge in [0.15, 0.2) is 0 Å². The number of alkyl halides is 3. The summed E-state index contributed by atoms with van der Waals surface area (Å²) in [5.74, 6) is -0.815. The van der Waals surface area contributed by atoms with Crippen molar-refractivity contribution in [3.63, 3.8) is 0 Å². The molecular weight excluding hydrogens is 421 g/mol. The molecule has 2 atom stereocenters. The molecule has 3 N–H and O–H groups in total. The van der Waals surface area contributed by atoms with Crippen LogP contribution in [0.2, 0.25) is 5.02 Å². The Hall–Kier alpha value is -2.55. The van der Waals surface area contributed by atoms with E-state index in [-0.39, 0.29) is 29.3 Å². The maximum Gasteiger partial charge on any atom is 0.493 e. The number of benzene rings is 1. The van der Waals surface area contributed by atoms with Gasteiger partial charge in [0.05, 0.1) is 18.6 Å².